The second kappa shape index (κ2) is 13.7. The van der Waals surface area contributed by atoms with Gasteiger partial charge in [-0.05, 0) is 55.9 Å². The van der Waals surface area contributed by atoms with Gasteiger partial charge in [-0.1, -0.05) is 31.3 Å². The standard InChI is InChI=1S/C25H33N3O6S3.ClH/c1-5-27(6-2)16-17-28(25-26-24-21(35-25)9-7-10-22(24)36(4,30)31)23(29)11-8-18-37(32,33)20-14-12-19(34-3)13-15-20;/h7,9-10,12-15H,5-6,8,11,16-18H2,1-4H3;1H. The lowest BCUT2D eigenvalue weighted by atomic mass is 10.3. The molecule has 0 saturated heterocycles. The van der Waals surface area contributed by atoms with Gasteiger partial charge >= 0.3 is 0 Å². The van der Waals surface area contributed by atoms with E-state index in [0.717, 1.165) is 19.3 Å². The van der Waals surface area contributed by atoms with Crippen LogP contribution in [0.4, 0.5) is 5.13 Å². The number of rotatable bonds is 13. The van der Waals surface area contributed by atoms with E-state index in [1.165, 1.54) is 36.6 Å². The third-order valence-electron chi connectivity index (χ3n) is 6.06. The van der Waals surface area contributed by atoms with Crippen molar-refractivity contribution in [3.05, 3.63) is 42.5 Å². The molecule has 3 aromatic rings. The maximum Gasteiger partial charge on any atom is 0.228 e. The van der Waals surface area contributed by atoms with E-state index in [2.05, 4.69) is 9.88 Å². The summed E-state index contributed by atoms with van der Waals surface area (Å²) < 4.78 is 55.8. The molecule has 13 heteroatoms. The Morgan fingerprint density at radius 3 is 2.24 bits per heavy atom. The van der Waals surface area contributed by atoms with Crippen molar-refractivity contribution in [1.29, 1.82) is 0 Å². The van der Waals surface area contributed by atoms with Crippen molar-refractivity contribution in [2.24, 2.45) is 0 Å². The number of aromatic nitrogens is 1. The van der Waals surface area contributed by atoms with Crippen LogP contribution in [0.3, 0.4) is 0 Å². The number of halogens is 1. The molecule has 0 aliphatic rings. The molecule has 0 saturated carbocycles. The summed E-state index contributed by atoms with van der Waals surface area (Å²) in [5, 5.41) is 0.404. The molecular formula is C25H34ClN3O6S3. The fourth-order valence-corrected chi connectivity index (χ4v) is 7.13. The second-order valence-electron chi connectivity index (χ2n) is 8.54. The smallest absolute Gasteiger partial charge is 0.228 e. The molecule has 0 fully saturated rings. The van der Waals surface area contributed by atoms with E-state index < -0.39 is 19.7 Å². The fourth-order valence-electron chi connectivity index (χ4n) is 3.88. The normalized spacial score (nSPS) is 11.9. The van der Waals surface area contributed by atoms with E-state index in [0.29, 0.717) is 34.2 Å². The number of sulfone groups is 2. The van der Waals surface area contributed by atoms with Crippen molar-refractivity contribution >= 4 is 64.7 Å². The summed E-state index contributed by atoms with van der Waals surface area (Å²) >= 11 is 1.25. The van der Waals surface area contributed by atoms with Crippen LogP contribution < -0.4 is 9.64 Å². The molecule has 3 rings (SSSR count). The number of carbonyl (C=O) groups excluding carboxylic acids is 1. The zero-order valence-electron chi connectivity index (χ0n) is 21.9. The molecule has 1 heterocycles. The highest BCUT2D eigenvalue weighted by Crippen LogP contribution is 2.33. The monoisotopic (exact) mass is 603 g/mol. The molecule has 0 spiro atoms. The fraction of sp³-hybridized carbons (Fsp3) is 0.440. The Bertz CT molecular complexity index is 1440. The number of thiazole rings is 1. The minimum absolute atomic E-state index is 0. The lowest BCUT2D eigenvalue weighted by molar-refractivity contribution is -0.118. The molecule has 38 heavy (non-hydrogen) atoms. The number of anilines is 1. The molecule has 0 aliphatic heterocycles. The number of fused-ring (bicyclic) bond motifs is 1. The minimum atomic E-state index is -3.56. The van der Waals surface area contributed by atoms with Gasteiger partial charge in [0.15, 0.2) is 24.8 Å². The number of amides is 1. The molecule has 0 atom stereocenters. The maximum atomic E-state index is 13.3. The zero-order valence-corrected chi connectivity index (χ0v) is 25.2. The van der Waals surface area contributed by atoms with Gasteiger partial charge in [-0.25, -0.2) is 21.8 Å². The number of hydrogen-bond donors (Lipinski definition) is 0. The summed E-state index contributed by atoms with van der Waals surface area (Å²) in [6.07, 6.45) is 1.30. The molecule has 0 unspecified atom stereocenters. The molecule has 0 radical (unpaired) electrons. The molecule has 1 aromatic heterocycles. The van der Waals surface area contributed by atoms with Crippen LogP contribution in [0.25, 0.3) is 10.2 Å². The van der Waals surface area contributed by atoms with Crippen molar-refractivity contribution < 1.29 is 26.4 Å². The van der Waals surface area contributed by atoms with Crippen LogP contribution in [0, 0.1) is 0 Å². The summed E-state index contributed by atoms with van der Waals surface area (Å²) in [7, 11) is -5.55. The topological polar surface area (TPSA) is 114 Å². The quantitative estimate of drug-likeness (QED) is 0.287. The summed E-state index contributed by atoms with van der Waals surface area (Å²) in [6, 6.07) is 11.1. The lowest BCUT2D eigenvalue weighted by Gasteiger charge is -2.24. The van der Waals surface area contributed by atoms with Gasteiger partial charge in [0, 0.05) is 25.8 Å². The predicted molar refractivity (Wildman–Crippen MR) is 154 cm³/mol. The number of likely N-dealkylation sites (N-methyl/N-ethyl adjacent to an activating group) is 1. The predicted octanol–water partition coefficient (Wildman–Crippen LogP) is 4.06. The molecule has 9 nitrogen and oxygen atoms in total. The van der Waals surface area contributed by atoms with E-state index in [4.69, 9.17) is 4.74 Å². The van der Waals surface area contributed by atoms with Crippen molar-refractivity contribution in [2.75, 3.05) is 50.2 Å². The average Bonchev–Trinajstić information content (AvgIpc) is 3.29. The Morgan fingerprint density at radius 2 is 1.66 bits per heavy atom. The van der Waals surface area contributed by atoms with Gasteiger partial charge in [0.25, 0.3) is 0 Å². The van der Waals surface area contributed by atoms with Gasteiger partial charge in [-0.15, -0.1) is 12.4 Å². The van der Waals surface area contributed by atoms with E-state index in [-0.39, 0.29) is 46.7 Å². The van der Waals surface area contributed by atoms with Crippen LogP contribution in [-0.4, -0.2) is 77.9 Å². The Labute approximate surface area is 235 Å². The third kappa shape index (κ3) is 7.89. The average molecular weight is 604 g/mol. The SMILES string of the molecule is CCN(CC)CCN(C(=O)CCCS(=O)(=O)c1ccc(OC)cc1)c1nc2c(S(C)(=O)=O)cccc2s1.Cl. The number of methoxy groups -OCH3 is 1. The Morgan fingerprint density at radius 1 is 1.00 bits per heavy atom. The summed E-state index contributed by atoms with van der Waals surface area (Å²) in [5.41, 5.74) is 0.340. The molecule has 0 bridgehead atoms. The highest BCUT2D eigenvalue weighted by molar-refractivity contribution is 7.91. The first-order chi connectivity index (χ1) is 17.5. The van der Waals surface area contributed by atoms with E-state index in [1.807, 2.05) is 13.8 Å². The summed E-state index contributed by atoms with van der Waals surface area (Å²) in [4.78, 5) is 21.9. The van der Waals surface area contributed by atoms with Gasteiger partial charge in [-0.3, -0.25) is 9.69 Å². The van der Waals surface area contributed by atoms with Crippen molar-refractivity contribution in [2.45, 2.75) is 36.5 Å². The molecule has 1 amide bonds. The molecule has 2 aromatic carbocycles. The van der Waals surface area contributed by atoms with Crippen LogP contribution in [0.5, 0.6) is 5.75 Å². The maximum absolute atomic E-state index is 13.3. The van der Waals surface area contributed by atoms with Crippen molar-refractivity contribution in [3.8, 4) is 5.75 Å². The molecular weight excluding hydrogens is 570 g/mol. The third-order valence-corrected chi connectivity index (χ3v) is 10.0. The molecule has 0 aliphatic carbocycles. The van der Waals surface area contributed by atoms with Crippen LogP contribution in [0.15, 0.2) is 52.3 Å². The van der Waals surface area contributed by atoms with Gasteiger partial charge in [0.1, 0.15) is 11.3 Å². The summed E-state index contributed by atoms with van der Waals surface area (Å²) in [5.74, 6) is 0.136. The van der Waals surface area contributed by atoms with E-state index in [1.54, 1.807) is 29.2 Å². The van der Waals surface area contributed by atoms with Crippen LogP contribution in [-0.2, 0) is 24.5 Å². The highest BCUT2D eigenvalue weighted by Gasteiger charge is 2.24. The highest BCUT2D eigenvalue weighted by atomic mass is 35.5. The van der Waals surface area contributed by atoms with Crippen molar-refractivity contribution in [1.82, 2.24) is 9.88 Å². The van der Waals surface area contributed by atoms with E-state index in [9.17, 15) is 21.6 Å². The number of hydrogen-bond acceptors (Lipinski definition) is 9. The van der Waals surface area contributed by atoms with Gasteiger partial charge in [-0.2, -0.15) is 0 Å². The Hall–Kier alpha value is -2.25. The van der Waals surface area contributed by atoms with Crippen LogP contribution >= 0.6 is 23.7 Å². The number of carbonyl (C=O) groups is 1. The number of ether oxygens (including phenoxy) is 1. The largest absolute Gasteiger partial charge is 0.497 e. The first kappa shape index (κ1) is 32.0. The number of para-hydroxylation sites is 1. The minimum Gasteiger partial charge on any atom is -0.497 e. The van der Waals surface area contributed by atoms with Gasteiger partial charge in [0.05, 0.1) is 27.4 Å². The van der Waals surface area contributed by atoms with E-state index >= 15 is 0 Å². The zero-order chi connectivity index (χ0) is 27.2. The molecule has 210 valence electrons. The van der Waals surface area contributed by atoms with Gasteiger partial charge in [0.2, 0.25) is 5.91 Å². The summed E-state index contributed by atoms with van der Waals surface area (Å²) in [6.45, 7) is 6.68. The number of nitrogens with zero attached hydrogens (tertiary/aromatic N) is 3. The van der Waals surface area contributed by atoms with Crippen LogP contribution in [0.2, 0.25) is 0 Å². The first-order valence-electron chi connectivity index (χ1n) is 12.0. The van der Waals surface area contributed by atoms with Crippen LogP contribution in [0.1, 0.15) is 26.7 Å². The second-order valence-corrected chi connectivity index (χ2v) is 13.6. The van der Waals surface area contributed by atoms with Crippen molar-refractivity contribution in [3.63, 3.8) is 0 Å². The first-order valence-corrected chi connectivity index (χ1v) is 16.3. The Balaban J connectivity index is 0.00000507. The lowest BCUT2D eigenvalue weighted by Crippen LogP contribution is -2.39. The van der Waals surface area contributed by atoms with Gasteiger partial charge < -0.3 is 9.64 Å². The Kier molecular flexibility index (Phi) is 11.5. The molecule has 0 N–H and O–H groups in total. The number of benzene rings is 2.